The topological polar surface area (TPSA) is 72.9 Å². The summed E-state index contributed by atoms with van der Waals surface area (Å²) < 4.78 is 49.5. The summed E-state index contributed by atoms with van der Waals surface area (Å²) in [6.07, 6.45) is -1.24. The van der Waals surface area contributed by atoms with E-state index in [2.05, 4.69) is 5.10 Å². The predicted molar refractivity (Wildman–Crippen MR) is 50.6 cm³/mol. The molecule has 0 aliphatic rings. The molecule has 0 aromatic carbocycles. The molecule has 5 nitrogen and oxygen atoms in total. The van der Waals surface area contributed by atoms with Crippen LogP contribution < -0.4 is 11.1 Å². The van der Waals surface area contributed by atoms with Gasteiger partial charge >= 0.3 is 12.3 Å². The number of carbonyl (C=O) groups is 1. The van der Waals surface area contributed by atoms with E-state index in [0.717, 1.165) is 4.68 Å². The van der Waals surface area contributed by atoms with Crippen molar-refractivity contribution >= 4 is 11.6 Å². The van der Waals surface area contributed by atoms with Crippen molar-refractivity contribution in [3.63, 3.8) is 0 Å². The van der Waals surface area contributed by atoms with Gasteiger partial charge < -0.3 is 11.1 Å². The zero-order valence-corrected chi connectivity index (χ0v) is 8.54. The van der Waals surface area contributed by atoms with Crippen LogP contribution in [0.1, 0.15) is 0 Å². The lowest BCUT2D eigenvalue weighted by Gasteiger charge is -2.15. The molecular weight excluding hydrogens is 244 g/mol. The SMILES string of the molecule is Nc1cnn(CC(=O)NCC(F)(F)C(F)F)c1. The number of rotatable bonds is 5. The number of nitrogens with one attached hydrogen (secondary N) is 1. The summed E-state index contributed by atoms with van der Waals surface area (Å²) in [6, 6.07) is 0. The first-order valence-electron chi connectivity index (χ1n) is 4.52. The van der Waals surface area contributed by atoms with Gasteiger partial charge in [-0.15, -0.1) is 0 Å². The molecule has 0 saturated carbocycles. The van der Waals surface area contributed by atoms with Crippen molar-refractivity contribution in [1.82, 2.24) is 15.1 Å². The summed E-state index contributed by atoms with van der Waals surface area (Å²) >= 11 is 0. The third-order valence-corrected chi connectivity index (χ3v) is 1.80. The highest BCUT2D eigenvalue weighted by Crippen LogP contribution is 2.21. The number of carbonyl (C=O) groups excluding carboxylic acids is 1. The predicted octanol–water partition coefficient (Wildman–Crippen LogP) is 0.482. The van der Waals surface area contributed by atoms with Crippen molar-refractivity contribution < 1.29 is 22.4 Å². The second kappa shape index (κ2) is 5.02. The summed E-state index contributed by atoms with van der Waals surface area (Å²) in [5.41, 5.74) is 5.60. The highest BCUT2D eigenvalue weighted by Gasteiger charge is 2.40. The summed E-state index contributed by atoms with van der Waals surface area (Å²) in [4.78, 5) is 11.1. The molecule has 1 heterocycles. The average molecular weight is 254 g/mol. The van der Waals surface area contributed by atoms with Crippen LogP contribution in [0, 0.1) is 0 Å². The quantitative estimate of drug-likeness (QED) is 0.751. The van der Waals surface area contributed by atoms with Crippen LogP contribution in [-0.2, 0) is 11.3 Å². The summed E-state index contributed by atoms with van der Waals surface area (Å²) in [5.74, 6) is -5.09. The maximum absolute atomic E-state index is 12.4. The van der Waals surface area contributed by atoms with Crippen molar-refractivity contribution in [3.05, 3.63) is 12.4 Å². The third kappa shape index (κ3) is 3.93. The second-order valence-electron chi connectivity index (χ2n) is 3.31. The van der Waals surface area contributed by atoms with Gasteiger partial charge in [0.05, 0.1) is 18.4 Å². The van der Waals surface area contributed by atoms with Gasteiger partial charge in [-0.05, 0) is 0 Å². The number of aromatic nitrogens is 2. The summed E-state index contributed by atoms with van der Waals surface area (Å²) in [6.45, 7) is -1.78. The Kier molecular flexibility index (Phi) is 3.92. The van der Waals surface area contributed by atoms with Gasteiger partial charge in [-0.3, -0.25) is 9.48 Å². The highest BCUT2D eigenvalue weighted by molar-refractivity contribution is 5.75. The van der Waals surface area contributed by atoms with E-state index in [1.54, 1.807) is 5.32 Å². The van der Waals surface area contributed by atoms with E-state index in [1.807, 2.05) is 0 Å². The molecule has 1 aromatic heterocycles. The smallest absolute Gasteiger partial charge is 0.324 e. The zero-order chi connectivity index (χ0) is 13.1. The van der Waals surface area contributed by atoms with Crippen LogP contribution >= 0.6 is 0 Å². The number of hydrogen-bond acceptors (Lipinski definition) is 3. The molecule has 1 aromatic rings. The van der Waals surface area contributed by atoms with E-state index in [9.17, 15) is 22.4 Å². The largest absolute Gasteiger partial charge is 0.396 e. The standard InChI is InChI=1S/C8H10F4N4O/c9-7(10)8(11,12)4-14-6(17)3-16-2-5(13)1-15-16/h1-2,7H,3-4,13H2,(H,14,17). The molecule has 0 aliphatic heterocycles. The summed E-state index contributed by atoms with van der Waals surface area (Å²) in [7, 11) is 0. The molecule has 0 spiro atoms. The van der Waals surface area contributed by atoms with E-state index < -0.39 is 24.8 Å². The number of halogens is 4. The van der Waals surface area contributed by atoms with Gasteiger partial charge in [-0.1, -0.05) is 0 Å². The molecule has 9 heteroatoms. The Balaban J connectivity index is 2.41. The minimum Gasteiger partial charge on any atom is -0.396 e. The fourth-order valence-electron chi connectivity index (χ4n) is 0.963. The van der Waals surface area contributed by atoms with Gasteiger partial charge in [0.25, 0.3) is 0 Å². The summed E-state index contributed by atoms with van der Waals surface area (Å²) in [5, 5.41) is 5.32. The molecule has 0 aliphatic carbocycles. The minimum absolute atomic E-state index is 0.302. The first kappa shape index (κ1) is 13.3. The van der Waals surface area contributed by atoms with Crippen LogP contribution in [0.5, 0.6) is 0 Å². The third-order valence-electron chi connectivity index (χ3n) is 1.80. The van der Waals surface area contributed by atoms with E-state index in [0.29, 0.717) is 5.69 Å². The molecule has 96 valence electrons. The van der Waals surface area contributed by atoms with Crippen LogP contribution in [0.25, 0.3) is 0 Å². The van der Waals surface area contributed by atoms with Crippen LogP contribution in [0.2, 0.25) is 0 Å². The lowest BCUT2D eigenvalue weighted by atomic mass is 10.3. The average Bonchev–Trinajstić information content (AvgIpc) is 2.61. The number of nitrogens with two attached hydrogens (primary N) is 1. The fourth-order valence-corrected chi connectivity index (χ4v) is 0.963. The maximum atomic E-state index is 12.4. The monoisotopic (exact) mass is 254 g/mol. The van der Waals surface area contributed by atoms with Crippen molar-refractivity contribution in [2.45, 2.75) is 18.9 Å². The molecular formula is C8H10F4N4O. The van der Waals surface area contributed by atoms with E-state index in [-0.39, 0.29) is 6.54 Å². The van der Waals surface area contributed by atoms with Crippen molar-refractivity contribution in [1.29, 1.82) is 0 Å². The molecule has 0 radical (unpaired) electrons. The molecule has 0 unspecified atom stereocenters. The number of anilines is 1. The maximum Gasteiger partial charge on any atom is 0.324 e. The molecule has 1 amide bonds. The molecule has 17 heavy (non-hydrogen) atoms. The second-order valence-corrected chi connectivity index (χ2v) is 3.31. The van der Waals surface area contributed by atoms with Gasteiger partial charge in [0.2, 0.25) is 5.91 Å². The number of nitrogens with zero attached hydrogens (tertiary/aromatic N) is 2. The number of nitrogen functional groups attached to an aromatic ring is 1. The lowest BCUT2D eigenvalue weighted by molar-refractivity contribution is -0.136. The number of alkyl halides is 4. The van der Waals surface area contributed by atoms with Gasteiger partial charge in [0.15, 0.2) is 0 Å². The number of amides is 1. The molecule has 0 saturated heterocycles. The van der Waals surface area contributed by atoms with Crippen LogP contribution in [-0.4, -0.2) is 34.6 Å². The van der Waals surface area contributed by atoms with Gasteiger partial charge in [-0.2, -0.15) is 13.9 Å². The van der Waals surface area contributed by atoms with Crippen LogP contribution in [0.4, 0.5) is 23.2 Å². The van der Waals surface area contributed by atoms with Crippen LogP contribution in [0.3, 0.4) is 0 Å². The highest BCUT2D eigenvalue weighted by atomic mass is 19.3. The lowest BCUT2D eigenvalue weighted by Crippen LogP contribution is -2.42. The Labute approximate surface area is 93.6 Å². The fraction of sp³-hybridized carbons (Fsp3) is 0.500. The Hall–Kier alpha value is -1.80. The normalized spacial score (nSPS) is 11.8. The molecule has 0 fully saturated rings. The van der Waals surface area contributed by atoms with Crippen LogP contribution in [0.15, 0.2) is 12.4 Å². The van der Waals surface area contributed by atoms with Crippen molar-refractivity contribution in [2.75, 3.05) is 12.3 Å². The van der Waals surface area contributed by atoms with Gasteiger partial charge in [0, 0.05) is 6.20 Å². The number of hydrogen-bond donors (Lipinski definition) is 2. The molecule has 1 rings (SSSR count). The molecule has 3 N–H and O–H groups in total. The van der Waals surface area contributed by atoms with Crippen molar-refractivity contribution in [2.24, 2.45) is 0 Å². The minimum atomic E-state index is -4.24. The Morgan fingerprint density at radius 1 is 1.59 bits per heavy atom. The Morgan fingerprint density at radius 3 is 2.71 bits per heavy atom. The van der Waals surface area contributed by atoms with Crippen molar-refractivity contribution in [3.8, 4) is 0 Å². The first-order valence-corrected chi connectivity index (χ1v) is 4.52. The van der Waals surface area contributed by atoms with E-state index >= 15 is 0 Å². The molecule has 0 atom stereocenters. The van der Waals surface area contributed by atoms with Gasteiger partial charge in [-0.25, -0.2) is 8.78 Å². The molecule has 0 bridgehead atoms. The zero-order valence-electron chi connectivity index (χ0n) is 8.54. The van der Waals surface area contributed by atoms with E-state index in [1.165, 1.54) is 12.4 Å². The Morgan fingerprint density at radius 2 is 2.24 bits per heavy atom. The van der Waals surface area contributed by atoms with E-state index in [4.69, 9.17) is 5.73 Å². The van der Waals surface area contributed by atoms with Gasteiger partial charge in [0.1, 0.15) is 6.54 Å². The first-order chi connectivity index (χ1) is 7.81. The Bertz CT molecular complexity index is 393.